The molecule has 0 bridgehead atoms. The molecule has 0 saturated heterocycles. The van der Waals surface area contributed by atoms with Crippen LogP contribution in [-0.4, -0.2) is 47.1 Å². The maximum atomic E-state index is 11.3. The second-order valence-corrected chi connectivity index (χ2v) is 6.50. The third-order valence-corrected chi connectivity index (χ3v) is 5.16. The average Bonchev–Trinajstić information content (AvgIpc) is 2.89. The zero-order valence-electron chi connectivity index (χ0n) is 12.9. The van der Waals surface area contributed by atoms with E-state index >= 15 is 0 Å². The van der Waals surface area contributed by atoms with Crippen LogP contribution >= 0.6 is 11.3 Å². The molecule has 0 radical (unpaired) electrons. The van der Waals surface area contributed by atoms with Crippen molar-refractivity contribution in [3.05, 3.63) is 10.6 Å². The summed E-state index contributed by atoms with van der Waals surface area (Å²) in [6, 6.07) is 0. The fraction of sp³-hybridized carbons (Fsp3) is 0.733. The monoisotopic (exact) mass is 311 g/mol. The third-order valence-electron chi connectivity index (χ3n) is 4.07. The predicted molar refractivity (Wildman–Crippen MR) is 86.3 cm³/mol. The minimum Gasteiger partial charge on any atom is -0.481 e. The minimum absolute atomic E-state index is 0.406. The molecule has 2 N–H and O–H groups in total. The number of nitrogens with zero attached hydrogens (tertiary/aromatic N) is 2. The van der Waals surface area contributed by atoms with Crippen molar-refractivity contribution < 1.29 is 9.90 Å². The maximum absolute atomic E-state index is 11.3. The van der Waals surface area contributed by atoms with E-state index in [9.17, 15) is 9.90 Å². The number of carboxylic acid groups (broad SMARTS) is 1. The molecule has 0 spiro atoms. The first-order valence-corrected chi connectivity index (χ1v) is 8.66. The Morgan fingerprint density at radius 1 is 1.48 bits per heavy atom. The van der Waals surface area contributed by atoms with Gasteiger partial charge in [0.05, 0.1) is 5.69 Å². The molecule has 0 aromatic carbocycles. The molecule has 2 rings (SSSR count). The fourth-order valence-corrected chi connectivity index (χ4v) is 3.86. The van der Waals surface area contributed by atoms with Gasteiger partial charge < -0.3 is 15.3 Å². The van der Waals surface area contributed by atoms with Crippen molar-refractivity contribution in [3.63, 3.8) is 0 Å². The number of carbonyl (C=O) groups is 1. The van der Waals surface area contributed by atoms with Gasteiger partial charge in [-0.3, -0.25) is 4.79 Å². The fourth-order valence-electron chi connectivity index (χ4n) is 2.77. The molecule has 1 atom stereocenters. The number of aliphatic carboxylic acids is 1. The predicted octanol–water partition coefficient (Wildman–Crippen LogP) is 2.79. The molecule has 21 heavy (non-hydrogen) atoms. The molecular formula is C15H25N3O2S. The zero-order chi connectivity index (χ0) is 15.2. The van der Waals surface area contributed by atoms with Gasteiger partial charge in [0.1, 0.15) is 5.92 Å². The number of fused-ring (bicyclic) bond motifs is 1. The summed E-state index contributed by atoms with van der Waals surface area (Å²) >= 11 is 1.63. The summed E-state index contributed by atoms with van der Waals surface area (Å²) < 4.78 is 0. The zero-order valence-corrected chi connectivity index (χ0v) is 13.7. The van der Waals surface area contributed by atoms with Gasteiger partial charge in [-0.15, -0.1) is 11.3 Å². The van der Waals surface area contributed by atoms with Gasteiger partial charge in [-0.2, -0.15) is 0 Å². The van der Waals surface area contributed by atoms with E-state index < -0.39 is 11.9 Å². The number of nitrogens with one attached hydrogen (secondary N) is 1. The van der Waals surface area contributed by atoms with Gasteiger partial charge in [0.25, 0.3) is 0 Å². The van der Waals surface area contributed by atoms with Crippen LogP contribution in [0.25, 0.3) is 0 Å². The molecule has 0 amide bonds. The summed E-state index contributed by atoms with van der Waals surface area (Å²) in [5.74, 6) is -1.15. The van der Waals surface area contributed by atoms with E-state index in [2.05, 4.69) is 29.0 Å². The molecule has 0 fully saturated rings. The van der Waals surface area contributed by atoms with Crippen molar-refractivity contribution in [1.29, 1.82) is 0 Å². The number of hydrogen-bond acceptors (Lipinski definition) is 5. The lowest BCUT2D eigenvalue weighted by Crippen LogP contribution is -2.25. The van der Waals surface area contributed by atoms with E-state index in [-0.39, 0.29) is 0 Å². The SMILES string of the molecule is CCN(CC)CCCNc1nc2c(s1)CCCC2C(=O)O. The van der Waals surface area contributed by atoms with Gasteiger partial charge in [-0.05, 0) is 45.3 Å². The summed E-state index contributed by atoms with van der Waals surface area (Å²) in [5.41, 5.74) is 0.796. The normalized spacial score (nSPS) is 17.8. The van der Waals surface area contributed by atoms with Crippen LogP contribution in [0.3, 0.4) is 0 Å². The van der Waals surface area contributed by atoms with Crippen molar-refractivity contribution in [2.75, 3.05) is 31.5 Å². The Kier molecular flexibility index (Phi) is 5.99. The topological polar surface area (TPSA) is 65.5 Å². The summed E-state index contributed by atoms with van der Waals surface area (Å²) in [6.07, 6.45) is 3.72. The van der Waals surface area contributed by atoms with Crippen molar-refractivity contribution in [2.45, 2.75) is 45.4 Å². The number of thiazole rings is 1. The highest BCUT2D eigenvalue weighted by Gasteiger charge is 2.29. The lowest BCUT2D eigenvalue weighted by Gasteiger charge is -2.17. The number of carboxylic acids is 1. The van der Waals surface area contributed by atoms with Gasteiger partial charge in [-0.25, -0.2) is 4.98 Å². The Labute approximate surface area is 130 Å². The van der Waals surface area contributed by atoms with Gasteiger partial charge in [0.2, 0.25) is 0 Å². The lowest BCUT2D eigenvalue weighted by molar-refractivity contribution is -0.139. The first-order chi connectivity index (χ1) is 10.2. The molecule has 1 aromatic heterocycles. The quantitative estimate of drug-likeness (QED) is 0.723. The molecule has 118 valence electrons. The van der Waals surface area contributed by atoms with Crippen molar-refractivity contribution in [3.8, 4) is 0 Å². The highest BCUT2D eigenvalue weighted by Crippen LogP contribution is 2.36. The number of aryl methyl sites for hydroxylation is 1. The Bertz CT molecular complexity index is 471. The van der Waals surface area contributed by atoms with Gasteiger partial charge in [-0.1, -0.05) is 13.8 Å². The van der Waals surface area contributed by atoms with Gasteiger partial charge in [0.15, 0.2) is 5.13 Å². The minimum atomic E-state index is -0.741. The van der Waals surface area contributed by atoms with E-state index in [0.717, 1.165) is 61.1 Å². The van der Waals surface area contributed by atoms with Crippen molar-refractivity contribution in [1.82, 2.24) is 9.88 Å². The molecule has 1 heterocycles. The first kappa shape index (κ1) is 16.2. The van der Waals surface area contributed by atoms with Gasteiger partial charge in [0, 0.05) is 11.4 Å². The van der Waals surface area contributed by atoms with Crippen LogP contribution in [0.4, 0.5) is 5.13 Å². The van der Waals surface area contributed by atoms with Crippen LogP contribution in [0.2, 0.25) is 0 Å². The molecule has 0 aliphatic heterocycles. The summed E-state index contributed by atoms with van der Waals surface area (Å²) in [6.45, 7) is 8.50. The second kappa shape index (κ2) is 7.75. The molecule has 0 saturated carbocycles. The smallest absolute Gasteiger partial charge is 0.312 e. The Hall–Kier alpha value is -1.14. The van der Waals surface area contributed by atoms with Crippen molar-refractivity contribution >= 4 is 22.4 Å². The Morgan fingerprint density at radius 3 is 2.90 bits per heavy atom. The second-order valence-electron chi connectivity index (χ2n) is 5.42. The molecule has 1 aliphatic carbocycles. The van der Waals surface area contributed by atoms with Crippen molar-refractivity contribution in [2.24, 2.45) is 0 Å². The van der Waals surface area contributed by atoms with Crippen LogP contribution in [0.5, 0.6) is 0 Å². The number of hydrogen-bond donors (Lipinski definition) is 2. The highest BCUT2D eigenvalue weighted by atomic mass is 32.1. The molecule has 5 nitrogen and oxygen atoms in total. The summed E-state index contributed by atoms with van der Waals surface area (Å²) in [4.78, 5) is 19.3. The van der Waals surface area contributed by atoms with Crippen LogP contribution in [0, 0.1) is 0 Å². The van der Waals surface area contributed by atoms with E-state index in [4.69, 9.17) is 0 Å². The van der Waals surface area contributed by atoms with Crippen LogP contribution < -0.4 is 5.32 Å². The molecule has 1 aromatic rings. The van der Waals surface area contributed by atoms with E-state index in [1.165, 1.54) is 0 Å². The largest absolute Gasteiger partial charge is 0.481 e. The number of aromatic nitrogens is 1. The molecule has 1 aliphatic rings. The maximum Gasteiger partial charge on any atom is 0.312 e. The molecular weight excluding hydrogens is 286 g/mol. The lowest BCUT2D eigenvalue weighted by atomic mass is 9.91. The number of rotatable bonds is 8. The van der Waals surface area contributed by atoms with Crippen LogP contribution in [0.15, 0.2) is 0 Å². The third kappa shape index (κ3) is 4.17. The van der Waals surface area contributed by atoms with Gasteiger partial charge >= 0.3 is 5.97 Å². The highest BCUT2D eigenvalue weighted by molar-refractivity contribution is 7.15. The van der Waals surface area contributed by atoms with Crippen LogP contribution in [0.1, 0.15) is 49.6 Å². The summed E-state index contributed by atoms with van der Waals surface area (Å²) in [7, 11) is 0. The number of anilines is 1. The summed E-state index contributed by atoms with van der Waals surface area (Å²) in [5, 5.41) is 13.5. The standard InChI is InChI=1S/C15H25N3O2S/c1-3-18(4-2)10-6-9-16-15-17-13-11(14(19)20)7-5-8-12(13)21-15/h11H,3-10H2,1-2H3,(H,16,17)(H,19,20). The molecule has 6 heteroatoms. The Morgan fingerprint density at radius 2 is 2.24 bits per heavy atom. The van der Waals surface area contributed by atoms with E-state index in [0.29, 0.717) is 6.42 Å². The Balaban J connectivity index is 1.87. The average molecular weight is 311 g/mol. The first-order valence-electron chi connectivity index (χ1n) is 7.84. The van der Waals surface area contributed by atoms with E-state index in [1.807, 2.05) is 0 Å². The molecule has 1 unspecified atom stereocenters. The van der Waals surface area contributed by atoms with E-state index in [1.54, 1.807) is 11.3 Å². The van der Waals surface area contributed by atoms with Crippen LogP contribution in [-0.2, 0) is 11.2 Å².